The topological polar surface area (TPSA) is 118 Å². The zero-order valence-electron chi connectivity index (χ0n) is 11.2. The lowest BCUT2D eigenvalue weighted by Crippen LogP contribution is -2.33. The summed E-state index contributed by atoms with van der Waals surface area (Å²) in [5.74, 6) is -0.645. The fraction of sp³-hybridized carbons (Fsp3) is 0.214. The molecule has 0 bridgehead atoms. The molecule has 1 aromatic carbocycles. The second kappa shape index (κ2) is 6.56. The van der Waals surface area contributed by atoms with E-state index in [0.29, 0.717) is 16.5 Å². The molecule has 0 atom stereocenters. The Bertz CT molecular complexity index is 723. The van der Waals surface area contributed by atoms with Crippen LogP contribution in [0.5, 0.6) is 0 Å². The van der Waals surface area contributed by atoms with E-state index in [-0.39, 0.29) is 25.5 Å². The summed E-state index contributed by atoms with van der Waals surface area (Å²) in [6, 6.07) is 8.28. The monoisotopic (exact) mass is 289 g/mol. The van der Waals surface area contributed by atoms with E-state index < -0.39 is 11.6 Å². The fourth-order valence-electron chi connectivity index (χ4n) is 1.88. The average Bonchev–Trinajstić information content (AvgIpc) is 2.43. The molecule has 0 unspecified atom stereocenters. The highest BCUT2D eigenvalue weighted by molar-refractivity contribution is 5.85. The number of fused-ring (bicyclic) bond motifs is 1. The van der Waals surface area contributed by atoms with E-state index in [4.69, 9.17) is 20.3 Å². The largest absolute Gasteiger partial charge is 0.464 e. The summed E-state index contributed by atoms with van der Waals surface area (Å²) in [5, 5.41) is 10.2. The highest BCUT2D eigenvalue weighted by Crippen LogP contribution is 2.17. The van der Waals surface area contributed by atoms with Crippen molar-refractivity contribution in [1.82, 2.24) is 5.32 Å². The minimum absolute atomic E-state index is 0.0216. The molecular weight excluding hydrogens is 274 g/mol. The SMILES string of the molecule is N=C(N)NCCOC(=O)Cc1cc(=O)oc2ccccc12. The minimum atomic E-state index is -0.505. The molecule has 0 aliphatic heterocycles. The molecule has 0 saturated carbocycles. The van der Waals surface area contributed by atoms with E-state index in [1.54, 1.807) is 24.3 Å². The number of hydrogen-bond donors (Lipinski definition) is 3. The molecule has 0 fully saturated rings. The van der Waals surface area contributed by atoms with Crippen molar-refractivity contribution in [1.29, 1.82) is 5.41 Å². The first kappa shape index (κ1) is 14.6. The van der Waals surface area contributed by atoms with Crippen LogP contribution in [0.3, 0.4) is 0 Å². The minimum Gasteiger partial charge on any atom is -0.464 e. The quantitative estimate of drug-likeness (QED) is 0.240. The van der Waals surface area contributed by atoms with Crippen LogP contribution in [0, 0.1) is 5.41 Å². The number of rotatable bonds is 5. The lowest BCUT2D eigenvalue weighted by atomic mass is 10.1. The summed E-state index contributed by atoms with van der Waals surface area (Å²) in [4.78, 5) is 23.2. The Balaban J connectivity index is 2.04. The van der Waals surface area contributed by atoms with E-state index in [1.165, 1.54) is 6.07 Å². The number of hydrogen-bond acceptors (Lipinski definition) is 5. The molecule has 0 aliphatic rings. The highest BCUT2D eigenvalue weighted by atomic mass is 16.5. The number of carbonyl (C=O) groups is 1. The molecule has 7 heteroatoms. The molecule has 0 spiro atoms. The molecule has 110 valence electrons. The summed E-state index contributed by atoms with van der Waals surface area (Å²) in [7, 11) is 0. The van der Waals surface area contributed by atoms with Crippen molar-refractivity contribution in [2.45, 2.75) is 6.42 Å². The number of benzene rings is 1. The van der Waals surface area contributed by atoms with Gasteiger partial charge in [-0.25, -0.2) is 4.79 Å². The van der Waals surface area contributed by atoms with Gasteiger partial charge in [0.2, 0.25) is 0 Å². The van der Waals surface area contributed by atoms with Gasteiger partial charge in [0.25, 0.3) is 0 Å². The van der Waals surface area contributed by atoms with Crippen LogP contribution in [0.25, 0.3) is 11.0 Å². The predicted octanol–water partition coefficient (Wildman–Crippen LogP) is 0.362. The maximum absolute atomic E-state index is 11.7. The van der Waals surface area contributed by atoms with Crippen molar-refractivity contribution in [2.75, 3.05) is 13.2 Å². The van der Waals surface area contributed by atoms with Gasteiger partial charge in [-0.15, -0.1) is 0 Å². The summed E-state index contributed by atoms with van der Waals surface area (Å²) in [6.45, 7) is 0.358. The van der Waals surface area contributed by atoms with Crippen molar-refractivity contribution in [2.24, 2.45) is 5.73 Å². The van der Waals surface area contributed by atoms with Gasteiger partial charge < -0.3 is 20.2 Å². The maximum Gasteiger partial charge on any atom is 0.336 e. The molecule has 0 amide bonds. The molecule has 2 rings (SSSR count). The van der Waals surface area contributed by atoms with Crippen LogP contribution in [-0.4, -0.2) is 25.1 Å². The van der Waals surface area contributed by atoms with Crippen LogP contribution in [0.15, 0.2) is 39.5 Å². The first-order valence-corrected chi connectivity index (χ1v) is 6.31. The Kier molecular flexibility index (Phi) is 4.55. The Morgan fingerprint density at radius 1 is 1.38 bits per heavy atom. The summed E-state index contributed by atoms with van der Waals surface area (Å²) in [6.07, 6.45) is -0.0216. The van der Waals surface area contributed by atoms with E-state index in [0.717, 1.165) is 0 Å². The molecule has 21 heavy (non-hydrogen) atoms. The third-order valence-corrected chi connectivity index (χ3v) is 2.75. The first-order chi connectivity index (χ1) is 10.1. The van der Waals surface area contributed by atoms with Gasteiger partial charge in [-0.3, -0.25) is 10.2 Å². The summed E-state index contributed by atoms with van der Waals surface area (Å²) >= 11 is 0. The smallest absolute Gasteiger partial charge is 0.336 e. The number of guanidine groups is 1. The van der Waals surface area contributed by atoms with Gasteiger partial charge in [-0.1, -0.05) is 18.2 Å². The molecule has 4 N–H and O–H groups in total. The zero-order chi connectivity index (χ0) is 15.2. The number of ether oxygens (including phenoxy) is 1. The van der Waals surface area contributed by atoms with Crippen molar-refractivity contribution < 1.29 is 13.9 Å². The fourth-order valence-corrected chi connectivity index (χ4v) is 1.88. The average molecular weight is 289 g/mol. The third-order valence-electron chi connectivity index (χ3n) is 2.75. The Labute approximate surface area is 120 Å². The van der Waals surface area contributed by atoms with E-state index >= 15 is 0 Å². The van der Waals surface area contributed by atoms with Gasteiger partial charge in [-0.05, 0) is 11.6 Å². The zero-order valence-corrected chi connectivity index (χ0v) is 11.2. The van der Waals surface area contributed by atoms with Crippen LogP contribution in [0.2, 0.25) is 0 Å². The molecular formula is C14H15N3O4. The van der Waals surface area contributed by atoms with Crippen LogP contribution in [0.4, 0.5) is 0 Å². The van der Waals surface area contributed by atoms with Gasteiger partial charge in [0.1, 0.15) is 12.2 Å². The molecule has 0 saturated heterocycles. The summed E-state index contributed by atoms with van der Waals surface area (Å²) < 4.78 is 10.1. The lowest BCUT2D eigenvalue weighted by molar-refractivity contribution is -0.142. The number of para-hydroxylation sites is 1. The number of carbonyl (C=O) groups excluding carboxylic acids is 1. The third kappa shape index (κ3) is 4.07. The van der Waals surface area contributed by atoms with E-state index in [9.17, 15) is 9.59 Å². The van der Waals surface area contributed by atoms with Crippen LogP contribution in [0.1, 0.15) is 5.56 Å². The molecule has 0 aliphatic carbocycles. The Hall–Kier alpha value is -2.83. The highest BCUT2D eigenvalue weighted by Gasteiger charge is 2.10. The van der Waals surface area contributed by atoms with Crippen LogP contribution >= 0.6 is 0 Å². The second-order valence-corrected chi connectivity index (χ2v) is 4.32. The first-order valence-electron chi connectivity index (χ1n) is 6.31. The van der Waals surface area contributed by atoms with Gasteiger partial charge in [-0.2, -0.15) is 0 Å². The molecule has 1 heterocycles. The molecule has 7 nitrogen and oxygen atoms in total. The molecule has 2 aromatic rings. The van der Waals surface area contributed by atoms with Crippen molar-refractivity contribution in [3.8, 4) is 0 Å². The maximum atomic E-state index is 11.7. The van der Waals surface area contributed by atoms with Gasteiger partial charge in [0.15, 0.2) is 5.96 Å². The summed E-state index contributed by atoms with van der Waals surface area (Å²) in [5.41, 5.74) is 5.59. The van der Waals surface area contributed by atoms with Crippen LogP contribution in [-0.2, 0) is 16.0 Å². The Morgan fingerprint density at radius 2 is 2.14 bits per heavy atom. The molecule has 0 radical (unpaired) electrons. The van der Waals surface area contributed by atoms with Crippen molar-refractivity contribution in [3.63, 3.8) is 0 Å². The van der Waals surface area contributed by atoms with E-state index in [2.05, 4.69) is 5.32 Å². The lowest BCUT2D eigenvalue weighted by Gasteiger charge is -2.07. The van der Waals surface area contributed by atoms with Crippen molar-refractivity contribution >= 4 is 22.9 Å². The Morgan fingerprint density at radius 3 is 2.90 bits per heavy atom. The van der Waals surface area contributed by atoms with Gasteiger partial charge >= 0.3 is 11.6 Å². The molecule has 1 aromatic heterocycles. The second-order valence-electron chi connectivity index (χ2n) is 4.32. The van der Waals surface area contributed by atoms with E-state index in [1.807, 2.05) is 0 Å². The van der Waals surface area contributed by atoms with Gasteiger partial charge in [0.05, 0.1) is 13.0 Å². The van der Waals surface area contributed by atoms with Gasteiger partial charge in [0, 0.05) is 11.5 Å². The number of esters is 1. The van der Waals surface area contributed by atoms with Crippen molar-refractivity contribution in [3.05, 3.63) is 46.3 Å². The number of nitrogens with two attached hydrogens (primary N) is 1. The normalized spacial score (nSPS) is 10.3. The van der Waals surface area contributed by atoms with Crippen LogP contribution < -0.4 is 16.7 Å². The predicted molar refractivity (Wildman–Crippen MR) is 77.1 cm³/mol. The number of nitrogens with one attached hydrogen (secondary N) is 2. The standard InChI is InChI=1S/C14H15N3O4/c15-14(16)17-5-6-20-12(18)7-9-8-13(19)21-11-4-2-1-3-10(9)11/h1-4,8H,5-7H2,(H4,15,16,17).